The summed E-state index contributed by atoms with van der Waals surface area (Å²) in [6.07, 6.45) is 61.1. The zero-order chi connectivity index (χ0) is 43.0. The zero-order valence-electron chi connectivity index (χ0n) is 40.2. The van der Waals surface area contributed by atoms with Crippen molar-refractivity contribution >= 4 is 5.91 Å². The van der Waals surface area contributed by atoms with Crippen LogP contribution in [0.3, 0.4) is 0 Å². The van der Waals surface area contributed by atoms with Crippen molar-refractivity contribution in [2.45, 2.75) is 321 Å². The minimum absolute atomic E-state index is 0.0194. The van der Waals surface area contributed by atoms with Crippen LogP contribution in [0.25, 0.3) is 0 Å². The van der Waals surface area contributed by atoms with E-state index in [2.05, 4.69) is 19.2 Å². The first-order valence-electron chi connectivity index (χ1n) is 27.0. The molecule has 0 aliphatic carbocycles. The van der Waals surface area contributed by atoms with E-state index in [0.717, 1.165) is 25.7 Å². The van der Waals surface area contributed by atoms with Gasteiger partial charge in [0.05, 0.1) is 31.3 Å². The number of aliphatic hydroxyl groups excluding tert-OH is 3. The molecule has 0 heterocycles. The molecule has 0 aliphatic heterocycles. The molecular weight excluding hydrogens is 727 g/mol. The molecule has 0 aromatic heterocycles. The SMILES string of the molecule is CCCCCCCCCCCCCCCCC/C=C/C(O)C(CO)NC(=O)CC(O)CCCCCCCCCCCCCCCCCCCCCCCCCCCCC. The third-order valence-corrected chi connectivity index (χ3v) is 12.8. The number of allylic oxidation sites excluding steroid dienone is 1. The molecule has 0 bridgehead atoms. The number of carbonyl (C=O) groups excluding carboxylic acids is 1. The summed E-state index contributed by atoms with van der Waals surface area (Å²) >= 11 is 0. The Kier molecular flexibility index (Phi) is 49.0. The highest BCUT2D eigenvalue weighted by atomic mass is 16.3. The van der Waals surface area contributed by atoms with Gasteiger partial charge in [-0.2, -0.15) is 0 Å². The number of unbranched alkanes of at least 4 members (excludes halogenated alkanes) is 41. The van der Waals surface area contributed by atoms with Gasteiger partial charge in [0.15, 0.2) is 0 Å². The number of amides is 1. The summed E-state index contributed by atoms with van der Waals surface area (Å²) in [7, 11) is 0. The van der Waals surface area contributed by atoms with Gasteiger partial charge in [0.1, 0.15) is 0 Å². The average molecular weight is 834 g/mol. The maximum absolute atomic E-state index is 12.5. The second kappa shape index (κ2) is 49.7. The Hall–Kier alpha value is -0.910. The van der Waals surface area contributed by atoms with Crippen molar-refractivity contribution in [3.8, 4) is 0 Å². The van der Waals surface area contributed by atoms with E-state index in [9.17, 15) is 20.1 Å². The van der Waals surface area contributed by atoms with Gasteiger partial charge < -0.3 is 20.6 Å². The van der Waals surface area contributed by atoms with E-state index in [4.69, 9.17) is 0 Å². The number of hydrogen-bond donors (Lipinski definition) is 4. The topological polar surface area (TPSA) is 89.8 Å². The standard InChI is InChI=1S/C54H107NO4/c1-3-5-7-9-11-13-15-17-19-21-22-23-24-25-26-27-28-29-30-32-33-35-37-39-41-43-45-47-51(57)49-54(59)55-52(50-56)53(58)48-46-44-42-40-38-36-34-31-20-18-16-14-12-10-8-6-4-2/h46,48,51-53,56-58H,3-45,47,49-50H2,1-2H3,(H,55,59)/b48-46+. The van der Waals surface area contributed by atoms with E-state index in [0.29, 0.717) is 6.42 Å². The van der Waals surface area contributed by atoms with Gasteiger partial charge in [-0.25, -0.2) is 0 Å². The Bertz CT molecular complexity index is 833. The average Bonchev–Trinajstić information content (AvgIpc) is 3.23. The third kappa shape index (κ3) is 46.4. The summed E-state index contributed by atoms with van der Waals surface area (Å²) in [6.45, 7) is 4.25. The molecular formula is C54H107NO4. The molecule has 3 atom stereocenters. The van der Waals surface area contributed by atoms with Crippen molar-refractivity contribution in [1.29, 1.82) is 0 Å². The van der Waals surface area contributed by atoms with Gasteiger partial charge in [0.25, 0.3) is 0 Å². The van der Waals surface area contributed by atoms with Crippen molar-refractivity contribution in [2.24, 2.45) is 0 Å². The number of carbonyl (C=O) groups is 1. The first-order chi connectivity index (χ1) is 29.0. The molecule has 0 aromatic rings. The van der Waals surface area contributed by atoms with Crippen LogP contribution in [-0.4, -0.2) is 46.1 Å². The second-order valence-corrected chi connectivity index (χ2v) is 18.9. The molecule has 1 amide bonds. The Morgan fingerprint density at radius 3 is 0.983 bits per heavy atom. The molecule has 4 N–H and O–H groups in total. The molecule has 5 heteroatoms. The highest BCUT2D eigenvalue weighted by Crippen LogP contribution is 2.18. The number of nitrogens with one attached hydrogen (secondary N) is 1. The molecule has 0 saturated heterocycles. The molecule has 59 heavy (non-hydrogen) atoms. The Labute approximate surface area is 369 Å². The lowest BCUT2D eigenvalue weighted by atomic mass is 10.0. The smallest absolute Gasteiger partial charge is 0.222 e. The summed E-state index contributed by atoms with van der Waals surface area (Å²) in [5.41, 5.74) is 0. The van der Waals surface area contributed by atoms with Crippen LogP contribution in [0.5, 0.6) is 0 Å². The van der Waals surface area contributed by atoms with Gasteiger partial charge in [-0.3, -0.25) is 4.79 Å². The van der Waals surface area contributed by atoms with Crippen molar-refractivity contribution in [1.82, 2.24) is 5.32 Å². The van der Waals surface area contributed by atoms with Crippen molar-refractivity contribution in [3.63, 3.8) is 0 Å². The number of hydrogen-bond acceptors (Lipinski definition) is 4. The number of rotatable bonds is 50. The van der Waals surface area contributed by atoms with Crippen molar-refractivity contribution in [3.05, 3.63) is 12.2 Å². The lowest BCUT2D eigenvalue weighted by molar-refractivity contribution is -0.124. The summed E-state index contributed by atoms with van der Waals surface area (Å²) in [5.74, 6) is -0.309. The largest absolute Gasteiger partial charge is 0.394 e. The van der Waals surface area contributed by atoms with Crippen LogP contribution in [0.2, 0.25) is 0 Å². The van der Waals surface area contributed by atoms with Crippen LogP contribution >= 0.6 is 0 Å². The first-order valence-corrected chi connectivity index (χ1v) is 27.0. The minimum atomic E-state index is -0.925. The lowest BCUT2D eigenvalue weighted by Crippen LogP contribution is -2.45. The van der Waals surface area contributed by atoms with Crippen LogP contribution in [-0.2, 0) is 4.79 Å². The van der Waals surface area contributed by atoms with E-state index in [-0.39, 0.29) is 18.9 Å². The van der Waals surface area contributed by atoms with Crippen molar-refractivity contribution < 1.29 is 20.1 Å². The quantitative estimate of drug-likeness (QED) is 0.0363. The molecule has 0 aromatic carbocycles. The fourth-order valence-corrected chi connectivity index (χ4v) is 8.70. The van der Waals surface area contributed by atoms with E-state index in [1.54, 1.807) is 6.08 Å². The molecule has 0 spiro atoms. The van der Waals surface area contributed by atoms with Gasteiger partial charge in [-0.1, -0.05) is 289 Å². The van der Waals surface area contributed by atoms with Crippen LogP contribution in [0, 0.1) is 0 Å². The van der Waals surface area contributed by atoms with Gasteiger partial charge in [0.2, 0.25) is 5.91 Å². The Morgan fingerprint density at radius 1 is 0.424 bits per heavy atom. The fraction of sp³-hybridized carbons (Fsp3) is 0.944. The Balaban J connectivity index is 3.52. The lowest BCUT2D eigenvalue weighted by Gasteiger charge is -2.21. The van der Waals surface area contributed by atoms with Gasteiger partial charge in [-0.15, -0.1) is 0 Å². The summed E-state index contributed by atoms with van der Waals surface area (Å²) in [5, 5.41) is 33.4. The molecule has 0 aliphatic rings. The number of aliphatic hydroxyl groups is 3. The molecule has 0 rings (SSSR count). The van der Waals surface area contributed by atoms with Gasteiger partial charge >= 0.3 is 0 Å². The van der Waals surface area contributed by atoms with Crippen molar-refractivity contribution in [2.75, 3.05) is 6.61 Å². The fourth-order valence-electron chi connectivity index (χ4n) is 8.70. The zero-order valence-corrected chi connectivity index (χ0v) is 40.2. The van der Waals surface area contributed by atoms with E-state index >= 15 is 0 Å². The molecule has 3 unspecified atom stereocenters. The third-order valence-electron chi connectivity index (χ3n) is 12.8. The molecule has 0 saturated carbocycles. The van der Waals surface area contributed by atoms with Gasteiger partial charge in [0, 0.05) is 0 Å². The normalized spacial score (nSPS) is 13.4. The highest BCUT2D eigenvalue weighted by Gasteiger charge is 2.20. The molecule has 0 fully saturated rings. The van der Waals surface area contributed by atoms with E-state index < -0.39 is 18.2 Å². The minimum Gasteiger partial charge on any atom is -0.394 e. The first kappa shape index (κ1) is 58.1. The predicted octanol–water partition coefficient (Wildman–Crippen LogP) is 16.3. The monoisotopic (exact) mass is 834 g/mol. The summed E-state index contributed by atoms with van der Waals surface area (Å²) < 4.78 is 0. The second-order valence-electron chi connectivity index (χ2n) is 18.9. The van der Waals surface area contributed by atoms with Gasteiger partial charge in [-0.05, 0) is 19.3 Å². The van der Waals surface area contributed by atoms with Crippen LogP contribution in [0.15, 0.2) is 12.2 Å². The Morgan fingerprint density at radius 2 is 0.695 bits per heavy atom. The van der Waals surface area contributed by atoms with Crippen LogP contribution in [0.1, 0.15) is 303 Å². The summed E-state index contributed by atoms with van der Waals surface area (Å²) in [6, 6.07) is -0.740. The maximum Gasteiger partial charge on any atom is 0.222 e. The summed E-state index contributed by atoms with van der Waals surface area (Å²) in [4.78, 5) is 12.5. The molecule has 352 valence electrons. The van der Waals surface area contributed by atoms with E-state index in [1.165, 1.54) is 250 Å². The van der Waals surface area contributed by atoms with E-state index in [1.807, 2.05) is 6.08 Å². The highest BCUT2D eigenvalue weighted by molar-refractivity contribution is 5.76. The molecule has 0 radical (unpaired) electrons. The maximum atomic E-state index is 12.5. The molecule has 5 nitrogen and oxygen atoms in total. The predicted molar refractivity (Wildman–Crippen MR) is 259 cm³/mol. The van der Waals surface area contributed by atoms with Crippen LogP contribution < -0.4 is 5.32 Å². The van der Waals surface area contributed by atoms with Crippen LogP contribution in [0.4, 0.5) is 0 Å².